The van der Waals surface area contributed by atoms with Gasteiger partial charge in [-0.25, -0.2) is 0 Å². The van der Waals surface area contributed by atoms with Crippen LogP contribution in [0.25, 0.3) is 0 Å². The summed E-state index contributed by atoms with van der Waals surface area (Å²) in [6.07, 6.45) is 3.33. The van der Waals surface area contributed by atoms with E-state index in [1.165, 1.54) is 23.3 Å². The molecule has 1 unspecified atom stereocenters. The number of carbonyl (C=O) groups is 1. The molecule has 1 saturated carbocycles. The molecule has 1 aromatic carbocycles. The lowest BCUT2D eigenvalue weighted by Gasteiger charge is -2.18. The van der Waals surface area contributed by atoms with Crippen LogP contribution in [0.3, 0.4) is 0 Å². The molecule has 3 nitrogen and oxygen atoms in total. The van der Waals surface area contributed by atoms with Crippen LogP contribution in [0.15, 0.2) is 23.1 Å². The first kappa shape index (κ1) is 11.1. The molecule has 1 amide bonds. The molecule has 3 rings (SSSR count). The summed E-state index contributed by atoms with van der Waals surface area (Å²) in [7, 11) is 1.64. The second-order valence-electron chi connectivity index (χ2n) is 4.54. The summed E-state index contributed by atoms with van der Waals surface area (Å²) >= 11 is 1.95. The number of benzene rings is 1. The Morgan fingerprint density at radius 2 is 2.29 bits per heavy atom. The highest BCUT2D eigenvalue weighted by Crippen LogP contribution is 2.41. The third-order valence-corrected chi connectivity index (χ3v) is 4.55. The fraction of sp³-hybridized carbons (Fsp3) is 0.462. The van der Waals surface area contributed by atoms with Crippen molar-refractivity contribution in [2.24, 2.45) is 0 Å². The van der Waals surface area contributed by atoms with E-state index < -0.39 is 0 Å². The van der Waals surface area contributed by atoms with Crippen LogP contribution in [0.5, 0.6) is 0 Å². The molecule has 0 N–H and O–H groups in total. The van der Waals surface area contributed by atoms with Crippen molar-refractivity contribution in [3.05, 3.63) is 29.3 Å². The maximum Gasteiger partial charge on any atom is 0.212 e. The van der Waals surface area contributed by atoms with E-state index in [-0.39, 0.29) is 6.23 Å². The highest BCUT2D eigenvalue weighted by Gasteiger charge is 2.30. The number of ether oxygens (including phenoxy) is 1. The molecule has 0 aromatic heterocycles. The van der Waals surface area contributed by atoms with Crippen LogP contribution in [0.1, 0.15) is 30.2 Å². The first-order chi connectivity index (χ1) is 8.31. The molecule has 4 heteroatoms. The number of carbonyl (C=O) groups excluding carboxylic acids is 1. The largest absolute Gasteiger partial charge is 0.357 e. The molecule has 1 aliphatic carbocycles. The zero-order valence-corrected chi connectivity index (χ0v) is 10.6. The highest BCUT2D eigenvalue weighted by atomic mass is 32.2. The minimum atomic E-state index is -0.206. The normalized spacial score (nSPS) is 22.6. The van der Waals surface area contributed by atoms with Crippen molar-refractivity contribution in [3.8, 4) is 0 Å². The molecule has 1 atom stereocenters. The van der Waals surface area contributed by atoms with Gasteiger partial charge < -0.3 is 9.64 Å². The van der Waals surface area contributed by atoms with Crippen molar-refractivity contribution in [2.45, 2.75) is 35.8 Å². The average Bonchev–Trinajstić information content (AvgIpc) is 3.07. The maximum atomic E-state index is 11.0. The highest BCUT2D eigenvalue weighted by molar-refractivity contribution is 8.00. The topological polar surface area (TPSA) is 29.5 Å². The van der Waals surface area contributed by atoms with Gasteiger partial charge in [0.25, 0.3) is 0 Å². The van der Waals surface area contributed by atoms with Gasteiger partial charge in [0.15, 0.2) is 6.23 Å². The van der Waals surface area contributed by atoms with Crippen molar-refractivity contribution in [2.75, 3.05) is 7.11 Å². The number of nitrogens with zero attached hydrogens (tertiary/aromatic N) is 1. The number of amides is 1. The van der Waals surface area contributed by atoms with E-state index in [0.29, 0.717) is 6.54 Å². The quantitative estimate of drug-likeness (QED) is 0.768. The number of hydrogen-bond acceptors (Lipinski definition) is 3. The van der Waals surface area contributed by atoms with Gasteiger partial charge in [-0.05, 0) is 30.5 Å². The first-order valence-corrected chi connectivity index (χ1v) is 6.73. The van der Waals surface area contributed by atoms with Gasteiger partial charge in [-0.1, -0.05) is 6.07 Å². The van der Waals surface area contributed by atoms with Crippen LogP contribution in [-0.2, 0) is 16.1 Å². The number of methoxy groups -OCH3 is 1. The predicted molar refractivity (Wildman–Crippen MR) is 66.7 cm³/mol. The smallest absolute Gasteiger partial charge is 0.212 e. The predicted octanol–water partition coefficient (Wildman–Crippen LogP) is 2.56. The lowest BCUT2D eigenvalue weighted by molar-refractivity contribution is -0.129. The summed E-state index contributed by atoms with van der Waals surface area (Å²) in [4.78, 5) is 14.0. The van der Waals surface area contributed by atoms with E-state index in [0.717, 1.165) is 17.2 Å². The lowest BCUT2D eigenvalue weighted by Crippen LogP contribution is -2.21. The van der Waals surface area contributed by atoms with Crippen molar-refractivity contribution in [1.82, 2.24) is 4.90 Å². The van der Waals surface area contributed by atoms with Gasteiger partial charge in [0, 0.05) is 29.4 Å². The molecule has 90 valence electrons. The van der Waals surface area contributed by atoms with E-state index >= 15 is 0 Å². The zero-order chi connectivity index (χ0) is 11.8. The number of hydrogen-bond donors (Lipinski definition) is 0. The van der Waals surface area contributed by atoms with E-state index in [2.05, 4.69) is 18.2 Å². The van der Waals surface area contributed by atoms with Crippen molar-refractivity contribution < 1.29 is 9.53 Å². The Bertz CT molecular complexity index is 445. The molecular weight excluding hydrogens is 234 g/mol. The average molecular weight is 249 g/mol. The van der Waals surface area contributed by atoms with E-state index in [9.17, 15) is 4.79 Å². The molecule has 1 heterocycles. The molecule has 1 fully saturated rings. The molecule has 0 bridgehead atoms. The summed E-state index contributed by atoms with van der Waals surface area (Å²) in [5.41, 5.74) is 2.34. The molecule has 17 heavy (non-hydrogen) atoms. The Labute approximate surface area is 105 Å². The van der Waals surface area contributed by atoms with Gasteiger partial charge in [-0.3, -0.25) is 4.79 Å². The molecule has 1 aromatic rings. The van der Waals surface area contributed by atoms with Gasteiger partial charge in [-0.15, -0.1) is 11.8 Å². The second-order valence-corrected chi connectivity index (χ2v) is 5.92. The number of thioether (sulfide) groups is 1. The first-order valence-electron chi connectivity index (χ1n) is 5.85. The van der Waals surface area contributed by atoms with Gasteiger partial charge in [0.2, 0.25) is 6.41 Å². The van der Waals surface area contributed by atoms with E-state index in [1.807, 2.05) is 11.8 Å². The van der Waals surface area contributed by atoms with Crippen LogP contribution in [0.2, 0.25) is 0 Å². The minimum absolute atomic E-state index is 0.206. The van der Waals surface area contributed by atoms with Crippen LogP contribution in [0, 0.1) is 0 Å². The SMILES string of the molecule is COC1c2ccc(SC3CC3)cc2CN1C=O. The summed E-state index contributed by atoms with van der Waals surface area (Å²) in [6.45, 7) is 0.663. The Morgan fingerprint density at radius 3 is 2.94 bits per heavy atom. The molecule has 0 spiro atoms. The number of fused-ring (bicyclic) bond motifs is 1. The molecule has 0 saturated heterocycles. The molecule has 2 aliphatic rings. The fourth-order valence-electron chi connectivity index (χ4n) is 2.22. The second kappa shape index (κ2) is 4.35. The minimum Gasteiger partial charge on any atom is -0.357 e. The van der Waals surface area contributed by atoms with Gasteiger partial charge >= 0.3 is 0 Å². The van der Waals surface area contributed by atoms with Crippen LogP contribution < -0.4 is 0 Å². The number of rotatable bonds is 4. The summed E-state index contributed by atoms with van der Waals surface area (Å²) in [6, 6.07) is 6.44. The lowest BCUT2D eigenvalue weighted by atomic mass is 10.1. The van der Waals surface area contributed by atoms with E-state index in [4.69, 9.17) is 4.74 Å². The fourth-order valence-corrected chi connectivity index (χ4v) is 3.34. The zero-order valence-electron chi connectivity index (χ0n) is 9.76. The van der Waals surface area contributed by atoms with E-state index in [1.54, 1.807) is 12.0 Å². The van der Waals surface area contributed by atoms with Crippen molar-refractivity contribution >= 4 is 18.2 Å². The van der Waals surface area contributed by atoms with Crippen molar-refractivity contribution in [3.63, 3.8) is 0 Å². The summed E-state index contributed by atoms with van der Waals surface area (Å²) in [5, 5.41) is 0.815. The summed E-state index contributed by atoms with van der Waals surface area (Å²) < 4.78 is 5.36. The molecule has 1 aliphatic heterocycles. The molecular formula is C13H15NO2S. The van der Waals surface area contributed by atoms with Crippen molar-refractivity contribution in [1.29, 1.82) is 0 Å². The van der Waals surface area contributed by atoms with Crippen LogP contribution >= 0.6 is 11.8 Å². The monoisotopic (exact) mass is 249 g/mol. The Kier molecular flexibility index (Phi) is 2.84. The van der Waals surface area contributed by atoms with Crippen LogP contribution in [-0.4, -0.2) is 23.7 Å². The standard InChI is InChI=1S/C13H15NO2S/c1-16-13-12-5-4-11(17-10-2-3-10)6-9(12)7-14(13)8-15/h4-6,8,10,13H,2-3,7H2,1H3. The third kappa shape index (κ3) is 2.07. The third-order valence-electron chi connectivity index (χ3n) is 3.22. The summed E-state index contributed by atoms with van der Waals surface area (Å²) in [5.74, 6) is 0. The Hall–Kier alpha value is -1.00. The molecule has 0 radical (unpaired) electrons. The van der Waals surface area contributed by atoms with Crippen LogP contribution in [0.4, 0.5) is 0 Å². The van der Waals surface area contributed by atoms with Gasteiger partial charge in [-0.2, -0.15) is 0 Å². The Balaban J connectivity index is 1.86. The Morgan fingerprint density at radius 1 is 1.47 bits per heavy atom. The van der Waals surface area contributed by atoms with Gasteiger partial charge in [0.1, 0.15) is 0 Å². The maximum absolute atomic E-state index is 11.0. The van der Waals surface area contributed by atoms with Gasteiger partial charge in [0.05, 0.1) is 0 Å².